The van der Waals surface area contributed by atoms with Crippen molar-refractivity contribution in [3.8, 4) is 11.1 Å². The maximum atomic E-state index is 16.1. The highest BCUT2D eigenvalue weighted by Crippen LogP contribution is 2.54. The van der Waals surface area contributed by atoms with Gasteiger partial charge in [-0.25, -0.2) is 0 Å². The van der Waals surface area contributed by atoms with Gasteiger partial charge in [-0.3, -0.25) is 0 Å². The van der Waals surface area contributed by atoms with Crippen LogP contribution in [0.4, 0.5) is 0 Å². The van der Waals surface area contributed by atoms with Gasteiger partial charge in [0.25, 0.3) is 0 Å². The maximum absolute atomic E-state index is 16.1. The molecule has 0 fully saturated rings. The Bertz CT molecular complexity index is 2500. The highest BCUT2D eigenvalue weighted by atomic mass is 31.2. The first kappa shape index (κ1) is 35.8. The minimum Gasteiger partial charge on any atom is -0.313 e. The molecule has 0 amide bonds. The van der Waals surface area contributed by atoms with Crippen LogP contribution in [0.3, 0.4) is 0 Å². The highest BCUT2D eigenvalue weighted by molar-refractivity contribution is 7.78. The van der Waals surface area contributed by atoms with E-state index < -0.39 is 14.3 Å². The predicted octanol–water partition coefficient (Wildman–Crippen LogP) is 11.9. The number of rotatable bonds is 9. The fourth-order valence-electron chi connectivity index (χ4n) is 8.44. The third-order valence-electron chi connectivity index (χ3n) is 11.1. The Morgan fingerprint density at radius 2 is 0.611 bits per heavy atom. The highest BCUT2D eigenvalue weighted by Gasteiger charge is 2.35. The second-order valence-corrected chi connectivity index (χ2v) is 20.1. The monoisotopic (exact) mass is 738 g/mol. The van der Waals surface area contributed by atoms with Gasteiger partial charge < -0.3 is 9.13 Å². The van der Waals surface area contributed by atoms with Crippen LogP contribution in [0.2, 0.25) is 0 Å². The number of aryl methyl sites for hydroxylation is 4. The first-order valence-electron chi connectivity index (χ1n) is 18.6. The smallest absolute Gasteiger partial charge is 0.147 e. The van der Waals surface area contributed by atoms with Crippen LogP contribution < -0.4 is 21.2 Å². The summed E-state index contributed by atoms with van der Waals surface area (Å²) in [4.78, 5) is 0. The summed E-state index contributed by atoms with van der Waals surface area (Å²) in [6.45, 7) is 8.27. The van der Waals surface area contributed by atoms with Crippen LogP contribution in [0.25, 0.3) is 32.7 Å². The zero-order chi connectivity index (χ0) is 37.5. The van der Waals surface area contributed by atoms with E-state index in [1.165, 1.54) is 0 Å². The molecule has 8 rings (SSSR count). The SMILES string of the molecule is Cc1ccccc1P(=O)(Cc1ccc2ccccc2c1-c1c(CP(=O)(c2ccccc2C)c2ccccc2C)ccc2ccccc12)c1ccccc1C. The van der Waals surface area contributed by atoms with E-state index in [1.54, 1.807) is 0 Å². The Morgan fingerprint density at radius 3 is 0.926 bits per heavy atom. The predicted molar refractivity (Wildman–Crippen MR) is 233 cm³/mol. The molecule has 0 saturated heterocycles. The normalized spacial score (nSPS) is 12.0. The van der Waals surface area contributed by atoms with Gasteiger partial charge in [0.05, 0.1) is 0 Å². The molecule has 4 heteroatoms. The van der Waals surface area contributed by atoms with Crippen molar-refractivity contribution in [1.29, 1.82) is 0 Å². The molecule has 0 bridgehead atoms. The van der Waals surface area contributed by atoms with Crippen LogP contribution in [-0.2, 0) is 21.5 Å². The van der Waals surface area contributed by atoms with Gasteiger partial charge in [0.2, 0.25) is 0 Å². The number of hydrogen-bond donors (Lipinski definition) is 0. The largest absolute Gasteiger partial charge is 0.313 e. The summed E-state index contributed by atoms with van der Waals surface area (Å²) in [5.41, 5.74) is 8.24. The molecule has 0 N–H and O–H groups in total. The molecule has 0 aromatic heterocycles. The zero-order valence-electron chi connectivity index (χ0n) is 31.3. The standard InChI is InChI=1S/C50H44O2P2/c1-35-17-5-13-25-45(35)53(51,46-26-14-6-18-36(46)2)33-41-31-29-39-21-9-11-23-43(39)49(41)50-42(32-30-40-22-10-12-24-44(40)50)34-54(52,47-27-15-7-19-37(47)3)48-28-16-8-20-38(48)4/h5-32H,33-34H2,1-4H3. The minimum atomic E-state index is -3.23. The summed E-state index contributed by atoms with van der Waals surface area (Å²) in [5.74, 6) is 0. The van der Waals surface area contributed by atoms with E-state index in [1.807, 2.05) is 72.8 Å². The number of fused-ring (bicyclic) bond motifs is 2. The second-order valence-electron chi connectivity index (χ2n) is 14.6. The Kier molecular flexibility index (Phi) is 9.62. The van der Waals surface area contributed by atoms with Gasteiger partial charge in [-0.15, -0.1) is 0 Å². The molecule has 0 aliphatic carbocycles. The van der Waals surface area contributed by atoms with E-state index in [9.17, 15) is 0 Å². The Hall–Kier alpha value is -5.26. The summed E-state index contributed by atoms with van der Waals surface area (Å²) in [6.07, 6.45) is 0.692. The fourth-order valence-corrected chi connectivity index (χ4v) is 15.0. The Labute approximate surface area is 319 Å². The molecule has 8 aromatic rings. The molecule has 266 valence electrons. The van der Waals surface area contributed by atoms with Gasteiger partial charge in [-0.1, -0.05) is 170 Å². The fraction of sp³-hybridized carbons (Fsp3) is 0.120. The third-order valence-corrected chi connectivity index (χ3v) is 17.8. The lowest BCUT2D eigenvalue weighted by Gasteiger charge is -2.27. The minimum absolute atomic E-state index is 0.346. The average Bonchev–Trinajstić information content (AvgIpc) is 3.18. The van der Waals surface area contributed by atoms with Gasteiger partial charge >= 0.3 is 0 Å². The third kappa shape index (κ3) is 6.28. The van der Waals surface area contributed by atoms with Gasteiger partial charge in [0.15, 0.2) is 0 Å². The van der Waals surface area contributed by atoms with Gasteiger partial charge in [0.1, 0.15) is 14.3 Å². The molecule has 8 aromatic carbocycles. The van der Waals surface area contributed by atoms with Crippen molar-refractivity contribution in [3.05, 3.63) is 203 Å². The van der Waals surface area contributed by atoms with Crippen molar-refractivity contribution in [3.63, 3.8) is 0 Å². The topological polar surface area (TPSA) is 34.1 Å². The zero-order valence-corrected chi connectivity index (χ0v) is 33.1. The molecule has 0 aliphatic heterocycles. The molecule has 0 atom stereocenters. The van der Waals surface area contributed by atoms with Crippen molar-refractivity contribution in [2.45, 2.75) is 40.0 Å². The van der Waals surface area contributed by atoms with E-state index >= 15 is 9.13 Å². The van der Waals surface area contributed by atoms with Crippen molar-refractivity contribution in [2.75, 3.05) is 0 Å². The first-order chi connectivity index (χ1) is 26.2. The molecule has 0 spiro atoms. The van der Waals surface area contributed by atoms with Crippen molar-refractivity contribution in [1.82, 2.24) is 0 Å². The second kappa shape index (κ2) is 14.5. The van der Waals surface area contributed by atoms with E-state index in [4.69, 9.17) is 0 Å². The quantitative estimate of drug-likeness (QED) is 0.138. The summed E-state index contributed by atoms with van der Waals surface area (Å²) in [5, 5.41) is 7.96. The molecular weight excluding hydrogens is 694 g/mol. The van der Waals surface area contributed by atoms with E-state index in [0.29, 0.717) is 12.3 Å². The molecule has 0 radical (unpaired) electrons. The molecule has 2 nitrogen and oxygen atoms in total. The van der Waals surface area contributed by atoms with Crippen LogP contribution in [0.15, 0.2) is 170 Å². The Balaban J connectivity index is 1.45. The summed E-state index contributed by atoms with van der Waals surface area (Å²) in [6, 6.07) is 58.3. The molecule has 0 heterocycles. The first-order valence-corrected chi connectivity index (χ1v) is 22.4. The van der Waals surface area contributed by atoms with Gasteiger partial charge in [0, 0.05) is 33.5 Å². The van der Waals surface area contributed by atoms with Crippen LogP contribution in [0, 0.1) is 27.7 Å². The van der Waals surface area contributed by atoms with Crippen LogP contribution in [-0.4, -0.2) is 0 Å². The van der Waals surface area contributed by atoms with Crippen LogP contribution in [0.5, 0.6) is 0 Å². The Morgan fingerprint density at radius 1 is 0.333 bits per heavy atom. The molecule has 0 aliphatic rings. The number of benzene rings is 8. The summed E-state index contributed by atoms with van der Waals surface area (Å²) >= 11 is 0. The van der Waals surface area contributed by atoms with Crippen molar-refractivity contribution >= 4 is 57.0 Å². The van der Waals surface area contributed by atoms with Crippen LogP contribution >= 0.6 is 14.3 Å². The lowest BCUT2D eigenvalue weighted by molar-refractivity contribution is 0.585. The average molecular weight is 739 g/mol. The molecule has 54 heavy (non-hydrogen) atoms. The van der Waals surface area contributed by atoms with Crippen molar-refractivity contribution in [2.24, 2.45) is 0 Å². The molecular formula is C50H44O2P2. The van der Waals surface area contributed by atoms with E-state index in [0.717, 1.165) is 87.3 Å². The molecule has 0 unspecified atom stereocenters. The molecule has 0 saturated carbocycles. The van der Waals surface area contributed by atoms with Gasteiger partial charge in [-0.2, -0.15) is 0 Å². The van der Waals surface area contributed by atoms with Crippen LogP contribution in [0.1, 0.15) is 33.4 Å². The lowest BCUT2D eigenvalue weighted by Crippen LogP contribution is -2.22. The summed E-state index contributed by atoms with van der Waals surface area (Å²) < 4.78 is 32.2. The van der Waals surface area contributed by atoms with Crippen molar-refractivity contribution < 1.29 is 9.13 Å². The summed E-state index contributed by atoms with van der Waals surface area (Å²) in [7, 11) is -6.45. The van der Waals surface area contributed by atoms with Gasteiger partial charge in [-0.05, 0) is 93.7 Å². The van der Waals surface area contributed by atoms with E-state index in [-0.39, 0.29) is 0 Å². The maximum Gasteiger partial charge on any atom is 0.147 e. The van der Waals surface area contributed by atoms with E-state index in [2.05, 4.69) is 125 Å². The lowest BCUT2D eigenvalue weighted by atomic mass is 9.88. The number of hydrogen-bond acceptors (Lipinski definition) is 2.